The summed E-state index contributed by atoms with van der Waals surface area (Å²) in [6, 6.07) is 17.0. The Bertz CT molecular complexity index is 867. The molecule has 1 aromatic heterocycles. The molecule has 0 aliphatic carbocycles. The van der Waals surface area contributed by atoms with Crippen LogP contribution in [0.2, 0.25) is 0 Å². The lowest BCUT2D eigenvalue weighted by molar-refractivity contribution is -0.0504. The minimum absolute atomic E-state index is 0.0393. The second-order valence-corrected chi connectivity index (χ2v) is 5.43. The van der Waals surface area contributed by atoms with E-state index in [1.54, 1.807) is 24.3 Å². The lowest BCUT2D eigenvalue weighted by Gasteiger charge is -2.12. The van der Waals surface area contributed by atoms with Gasteiger partial charge in [-0.3, -0.25) is 0 Å². The van der Waals surface area contributed by atoms with Gasteiger partial charge < -0.3 is 19.9 Å². The van der Waals surface area contributed by atoms with Gasteiger partial charge in [0, 0.05) is 35.9 Å². The van der Waals surface area contributed by atoms with E-state index >= 15 is 0 Å². The molecule has 0 atom stereocenters. The molecule has 134 valence electrons. The second kappa shape index (κ2) is 8.15. The number of carbonyl (C=O) groups excluding carboxylic acids is 1. The number of anilines is 1. The number of hydrogen-bond acceptors (Lipinski definition) is 2. The van der Waals surface area contributed by atoms with Crippen LogP contribution in [0.3, 0.4) is 0 Å². The summed E-state index contributed by atoms with van der Waals surface area (Å²) < 4.78 is 31.2. The number of ether oxygens (including phenoxy) is 1. The third-order valence-electron chi connectivity index (χ3n) is 3.63. The molecular weight excluding hydrogens is 340 g/mol. The van der Waals surface area contributed by atoms with Crippen molar-refractivity contribution in [1.82, 2.24) is 9.88 Å². The molecule has 0 bridgehead atoms. The first-order valence-corrected chi connectivity index (χ1v) is 7.93. The van der Waals surface area contributed by atoms with Crippen LogP contribution in [0.25, 0.3) is 5.69 Å². The summed E-state index contributed by atoms with van der Waals surface area (Å²) in [4.78, 5) is 12.1. The van der Waals surface area contributed by atoms with Crippen LogP contribution in [0, 0.1) is 0 Å². The van der Waals surface area contributed by atoms with Crippen LogP contribution in [-0.4, -0.2) is 17.2 Å². The van der Waals surface area contributed by atoms with E-state index in [1.807, 2.05) is 47.3 Å². The van der Waals surface area contributed by atoms with Crippen LogP contribution in [0.4, 0.5) is 19.3 Å². The van der Waals surface area contributed by atoms with Crippen molar-refractivity contribution in [3.8, 4) is 11.4 Å². The predicted octanol–water partition coefficient (Wildman–Crippen LogP) is 4.40. The van der Waals surface area contributed by atoms with Gasteiger partial charge in [0.25, 0.3) is 0 Å². The van der Waals surface area contributed by atoms with Crippen molar-refractivity contribution < 1.29 is 18.3 Å². The summed E-state index contributed by atoms with van der Waals surface area (Å²) in [6.45, 7) is -2.85. The van der Waals surface area contributed by atoms with Gasteiger partial charge in [0.2, 0.25) is 0 Å². The van der Waals surface area contributed by atoms with E-state index in [2.05, 4.69) is 15.4 Å². The van der Waals surface area contributed by atoms with Crippen LogP contribution in [0.1, 0.15) is 5.56 Å². The number of rotatable bonds is 6. The Morgan fingerprint density at radius 1 is 1.04 bits per heavy atom. The van der Waals surface area contributed by atoms with Crippen molar-refractivity contribution in [2.45, 2.75) is 13.2 Å². The number of alkyl halides is 2. The van der Waals surface area contributed by atoms with Crippen molar-refractivity contribution >= 4 is 11.7 Å². The second-order valence-electron chi connectivity index (χ2n) is 5.43. The van der Waals surface area contributed by atoms with Crippen molar-refractivity contribution in [3.63, 3.8) is 0 Å². The molecule has 0 aliphatic heterocycles. The van der Waals surface area contributed by atoms with Gasteiger partial charge in [0.05, 0.1) is 0 Å². The van der Waals surface area contributed by atoms with E-state index in [-0.39, 0.29) is 12.3 Å². The van der Waals surface area contributed by atoms with E-state index in [1.165, 1.54) is 6.07 Å². The number of aromatic nitrogens is 1. The molecule has 0 radical (unpaired) electrons. The summed E-state index contributed by atoms with van der Waals surface area (Å²) in [6.07, 6.45) is 3.80. The fourth-order valence-corrected chi connectivity index (χ4v) is 2.46. The third-order valence-corrected chi connectivity index (χ3v) is 3.63. The minimum Gasteiger partial charge on any atom is -0.434 e. The SMILES string of the molecule is O=C(NCc1ccccc1OC(F)F)Nc1cccc(-n2cccc2)c1. The topological polar surface area (TPSA) is 55.3 Å². The summed E-state index contributed by atoms with van der Waals surface area (Å²) in [5, 5.41) is 5.36. The third kappa shape index (κ3) is 4.60. The monoisotopic (exact) mass is 357 g/mol. The number of urea groups is 1. The molecule has 7 heteroatoms. The number of nitrogens with zero attached hydrogens (tertiary/aromatic N) is 1. The van der Waals surface area contributed by atoms with E-state index in [0.29, 0.717) is 11.3 Å². The Kier molecular flexibility index (Phi) is 5.48. The van der Waals surface area contributed by atoms with Crippen LogP contribution < -0.4 is 15.4 Å². The maximum Gasteiger partial charge on any atom is 0.387 e. The summed E-state index contributed by atoms with van der Waals surface area (Å²) in [7, 11) is 0. The largest absolute Gasteiger partial charge is 0.434 e. The van der Waals surface area contributed by atoms with E-state index in [0.717, 1.165) is 5.69 Å². The molecule has 0 unspecified atom stereocenters. The highest BCUT2D eigenvalue weighted by atomic mass is 19.3. The standard InChI is InChI=1S/C19H17F2N3O2/c20-18(21)26-17-9-2-1-6-14(17)13-22-19(25)23-15-7-5-8-16(12-15)24-10-3-4-11-24/h1-12,18H,13H2,(H2,22,23,25). The molecule has 2 aromatic carbocycles. The molecule has 3 aromatic rings. The summed E-state index contributed by atoms with van der Waals surface area (Å²) in [5.74, 6) is 0.0393. The average molecular weight is 357 g/mol. The molecule has 0 saturated carbocycles. The van der Waals surface area contributed by atoms with E-state index < -0.39 is 12.6 Å². The number of carbonyl (C=O) groups is 1. The molecule has 3 rings (SSSR count). The molecule has 1 heterocycles. The Balaban J connectivity index is 1.61. The van der Waals surface area contributed by atoms with Crippen LogP contribution in [-0.2, 0) is 6.54 Å². The highest BCUT2D eigenvalue weighted by Gasteiger charge is 2.10. The molecule has 2 amide bonds. The van der Waals surface area contributed by atoms with Crippen molar-refractivity contribution in [2.75, 3.05) is 5.32 Å². The van der Waals surface area contributed by atoms with Crippen molar-refractivity contribution in [2.24, 2.45) is 0 Å². The molecule has 0 spiro atoms. The lowest BCUT2D eigenvalue weighted by atomic mass is 10.2. The van der Waals surface area contributed by atoms with E-state index in [9.17, 15) is 13.6 Å². The quantitative estimate of drug-likeness (QED) is 0.687. The normalized spacial score (nSPS) is 10.6. The Morgan fingerprint density at radius 2 is 1.81 bits per heavy atom. The molecule has 26 heavy (non-hydrogen) atoms. The molecule has 0 fully saturated rings. The van der Waals surface area contributed by atoms with Gasteiger partial charge in [0.15, 0.2) is 0 Å². The molecule has 2 N–H and O–H groups in total. The summed E-state index contributed by atoms with van der Waals surface area (Å²) >= 11 is 0. The van der Waals surface area contributed by atoms with Gasteiger partial charge in [-0.2, -0.15) is 8.78 Å². The predicted molar refractivity (Wildman–Crippen MR) is 94.7 cm³/mol. The highest BCUT2D eigenvalue weighted by molar-refractivity contribution is 5.89. The summed E-state index contributed by atoms with van der Waals surface area (Å²) in [5.41, 5.74) is 1.98. The number of amides is 2. The Morgan fingerprint density at radius 3 is 2.58 bits per heavy atom. The van der Waals surface area contributed by atoms with Crippen LogP contribution in [0.15, 0.2) is 73.1 Å². The zero-order valence-corrected chi connectivity index (χ0v) is 13.7. The number of nitrogens with one attached hydrogen (secondary N) is 2. The van der Waals surface area contributed by atoms with Gasteiger partial charge in [-0.05, 0) is 36.4 Å². The molecular formula is C19H17F2N3O2. The van der Waals surface area contributed by atoms with Crippen molar-refractivity contribution in [3.05, 3.63) is 78.6 Å². The van der Waals surface area contributed by atoms with Gasteiger partial charge >= 0.3 is 12.6 Å². The fraction of sp³-hybridized carbons (Fsp3) is 0.105. The minimum atomic E-state index is -2.92. The smallest absolute Gasteiger partial charge is 0.387 e. The van der Waals surface area contributed by atoms with Gasteiger partial charge in [-0.1, -0.05) is 24.3 Å². The van der Waals surface area contributed by atoms with E-state index in [4.69, 9.17) is 0 Å². The molecule has 5 nitrogen and oxygen atoms in total. The first kappa shape index (κ1) is 17.5. The molecule has 0 saturated heterocycles. The van der Waals surface area contributed by atoms with Gasteiger partial charge in [0.1, 0.15) is 5.75 Å². The van der Waals surface area contributed by atoms with Gasteiger partial charge in [-0.25, -0.2) is 4.79 Å². The maximum atomic E-state index is 12.4. The average Bonchev–Trinajstić information content (AvgIpc) is 3.15. The number of hydrogen-bond donors (Lipinski definition) is 2. The highest BCUT2D eigenvalue weighted by Crippen LogP contribution is 2.20. The number of halogens is 2. The molecule has 0 aliphatic rings. The van der Waals surface area contributed by atoms with Gasteiger partial charge in [-0.15, -0.1) is 0 Å². The van der Waals surface area contributed by atoms with Crippen LogP contribution >= 0.6 is 0 Å². The van der Waals surface area contributed by atoms with Crippen molar-refractivity contribution in [1.29, 1.82) is 0 Å². The first-order chi connectivity index (χ1) is 12.6. The Hall–Kier alpha value is -3.35. The maximum absolute atomic E-state index is 12.4. The zero-order chi connectivity index (χ0) is 18.4. The first-order valence-electron chi connectivity index (χ1n) is 7.93. The number of para-hydroxylation sites is 1. The van der Waals surface area contributed by atoms with Crippen LogP contribution in [0.5, 0.6) is 5.75 Å². The zero-order valence-electron chi connectivity index (χ0n) is 13.7. The lowest BCUT2D eigenvalue weighted by Crippen LogP contribution is -2.28. The fourth-order valence-electron chi connectivity index (χ4n) is 2.46. The Labute approximate surface area is 149 Å². The number of benzene rings is 2.